The van der Waals surface area contributed by atoms with Crippen LogP contribution in [0.25, 0.3) is 0 Å². The quantitative estimate of drug-likeness (QED) is 0.0222. The van der Waals surface area contributed by atoms with E-state index in [0.717, 1.165) is 95.8 Å². The van der Waals surface area contributed by atoms with Gasteiger partial charge in [0, 0.05) is 25.7 Å². The number of hydrogen-bond acceptors (Lipinski definition) is 15. The number of carbonyl (C=O) groups excluding carboxylic acids is 4. The third-order valence-electron chi connectivity index (χ3n) is 17.2. The molecular formula is C74H144O17P2. The molecule has 0 radical (unpaired) electrons. The number of rotatable bonds is 73. The number of phosphoric acid groups is 2. The second-order valence-corrected chi connectivity index (χ2v) is 30.5. The zero-order valence-electron chi connectivity index (χ0n) is 60.6. The summed E-state index contributed by atoms with van der Waals surface area (Å²) in [7, 11) is -9.90. The Bertz CT molecular complexity index is 1800. The van der Waals surface area contributed by atoms with Gasteiger partial charge >= 0.3 is 39.5 Å². The maximum Gasteiger partial charge on any atom is 0.472 e. The fourth-order valence-corrected chi connectivity index (χ4v) is 12.9. The van der Waals surface area contributed by atoms with Gasteiger partial charge in [-0.1, -0.05) is 330 Å². The molecule has 0 amide bonds. The van der Waals surface area contributed by atoms with Gasteiger partial charge in [0.1, 0.15) is 19.3 Å². The molecule has 0 aliphatic rings. The van der Waals surface area contributed by atoms with Gasteiger partial charge in [-0.25, -0.2) is 9.13 Å². The van der Waals surface area contributed by atoms with Crippen LogP contribution in [0.5, 0.6) is 0 Å². The Morgan fingerprint density at radius 1 is 0.290 bits per heavy atom. The summed E-state index contributed by atoms with van der Waals surface area (Å²) in [5, 5.41) is 10.6. The molecule has 0 saturated carbocycles. The van der Waals surface area contributed by atoms with E-state index >= 15 is 0 Å². The van der Waals surface area contributed by atoms with Gasteiger partial charge in [-0.2, -0.15) is 0 Å². The highest BCUT2D eigenvalue weighted by atomic mass is 31.2. The maximum absolute atomic E-state index is 13.1. The average molecular weight is 1370 g/mol. The molecule has 0 aromatic carbocycles. The predicted octanol–water partition coefficient (Wildman–Crippen LogP) is 21.6. The van der Waals surface area contributed by atoms with Crippen LogP contribution in [0.1, 0.15) is 382 Å². The first kappa shape index (κ1) is 91.1. The molecule has 19 heteroatoms. The highest BCUT2D eigenvalue weighted by molar-refractivity contribution is 7.47. The minimum Gasteiger partial charge on any atom is -0.462 e. The third kappa shape index (κ3) is 68.4. The zero-order valence-corrected chi connectivity index (χ0v) is 62.3. The van der Waals surface area contributed by atoms with Crippen LogP contribution < -0.4 is 0 Å². The number of hydrogen-bond donors (Lipinski definition) is 3. The maximum atomic E-state index is 13.1. The molecule has 552 valence electrons. The normalized spacial score (nSPS) is 14.1. The summed E-state index contributed by atoms with van der Waals surface area (Å²) in [6, 6.07) is 0. The van der Waals surface area contributed by atoms with Crippen LogP contribution in [0, 0.1) is 11.8 Å². The minimum atomic E-state index is -4.96. The molecule has 93 heavy (non-hydrogen) atoms. The van der Waals surface area contributed by atoms with Crippen LogP contribution >= 0.6 is 15.6 Å². The van der Waals surface area contributed by atoms with Crippen molar-refractivity contribution < 1.29 is 80.2 Å². The Labute approximate surface area is 568 Å². The topological polar surface area (TPSA) is 237 Å². The molecule has 0 aromatic heterocycles. The summed E-state index contributed by atoms with van der Waals surface area (Å²) in [6.45, 7) is 9.53. The van der Waals surface area contributed by atoms with Crippen molar-refractivity contribution in [3.05, 3.63) is 0 Å². The fourth-order valence-electron chi connectivity index (χ4n) is 11.3. The molecule has 0 aliphatic heterocycles. The number of carbonyl (C=O) groups is 4. The molecule has 0 spiro atoms. The van der Waals surface area contributed by atoms with E-state index in [-0.39, 0.29) is 25.7 Å². The Morgan fingerprint density at radius 3 is 0.731 bits per heavy atom. The van der Waals surface area contributed by atoms with Crippen molar-refractivity contribution in [2.75, 3.05) is 39.6 Å². The van der Waals surface area contributed by atoms with E-state index in [1.165, 1.54) is 199 Å². The summed E-state index contributed by atoms with van der Waals surface area (Å²) >= 11 is 0. The Morgan fingerprint density at radius 2 is 0.495 bits per heavy atom. The SMILES string of the molecule is CCCCCCCCCCCCCCCCCCCC(=O)O[C@H](COC(=O)CCCCCCCCCCCCCCCC(C)C)COP(=O)(O)OC[C@@H](O)COP(=O)(O)OC[C@@H](COC(=O)CCCCCCCCCCCC)OC(=O)CCCCCCCCCC(C)C. The van der Waals surface area contributed by atoms with E-state index in [9.17, 15) is 43.2 Å². The highest BCUT2D eigenvalue weighted by Crippen LogP contribution is 2.45. The Hall–Kier alpha value is -1.94. The van der Waals surface area contributed by atoms with Crippen LogP contribution in [0.3, 0.4) is 0 Å². The lowest BCUT2D eigenvalue weighted by Crippen LogP contribution is -2.30. The molecule has 5 atom stereocenters. The Kier molecular flexibility index (Phi) is 64.6. The lowest BCUT2D eigenvalue weighted by molar-refractivity contribution is -0.161. The molecule has 0 aromatic rings. The third-order valence-corrected chi connectivity index (χ3v) is 19.1. The first-order valence-electron chi connectivity index (χ1n) is 38.5. The lowest BCUT2D eigenvalue weighted by atomic mass is 10.0. The summed E-state index contributed by atoms with van der Waals surface area (Å²) in [4.78, 5) is 72.7. The molecule has 3 N–H and O–H groups in total. The van der Waals surface area contributed by atoms with Crippen LogP contribution in [-0.4, -0.2) is 96.7 Å². The number of ether oxygens (including phenoxy) is 4. The molecule has 0 aliphatic carbocycles. The standard InChI is InChI=1S/C74H144O17P2/c1-7-9-11-13-15-17-19-20-21-22-23-26-30-34-40-46-52-58-73(78)90-69(62-85-72(77)57-51-45-39-33-29-27-24-25-28-31-36-42-48-54-66(3)4)64-88-92(80,81)86-60-68(75)61-87-93(82,83)89-65-70(91-74(79)59-53-47-41-35-37-43-49-55-67(5)6)63-84-71(76)56-50-44-38-32-18-16-14-12-10-8-2/h66-70,75H,7-65H2,1-6H3,(H,80,81)(H,82,83)/t68-,69-,70-/m1/s1. The number of esters is 4. The van der Waals surface area contributed by atoms with E-state index in [2.05, 4.69) is 41.5 Å². The van der Waals surface area contributed by atoms with E-state index < -0.39 is 97.5 Å². The smallest absolute Gasteiger partial charge is 0.462 e. The monoisotopic (exact) mass is 1370 g/mol. The van der Waals surface area contributed by atoms with Gasteiger partial charge in [-0.05, 0) is 37.5 Å². The van der Waals surface area contributed by atoms with Gasteiger partial charge < -0.3 is 33.8 Å². The zero-order chi connectivity index (χ0) is 68.6. The van der Waals surface area contributed by atoms with Crippen LogP contribution in [-0.2, 0) is 65.4 Å². The van der Waals surface area contributed by atoms with Gasteiger partial charge in [0.2, 0.25) is 0 Å². The first-order chi connectivity index (χ1) is 44.9. The van der Waals surface area contributed by atoms with Gasteiger partial charge in [0.25, 0.3) is 0 Å². The van der Waals surface area contributed by atoms with Crippen molar-refractivity contribution >= 4 is 39.5 Å². The van der Waals surface area contributed by atoms with E-state index in [1.54, 1.807) is 0 Å². The summed E-state index contributed by atoms with van der Waals surface area (Å²) in [6.07, 6.45) is 52.8. The lowest BCUT2D eigenvalue weighted by Gasteiger charge is -2.21. The number of phosphoric ester groups is 2. The van der Waals surface area contributed by atoms with Gasteiger partial charge in [-0.15, -0.1) is 0 Å². The molecule has 0 heterocycles. The largest absolute Gasteiger partial charge is 0.472 e. The van der Waals surface area contributed by atoms with Crippen LogP contribution in [0.2, 0.25) is 0 Å². The van der Waals surface area contributed by atoms with E-state index in [1.807, 2.05) is 0 Å². The summed E-state index contributed by atoms with van der Waals surface area (Å²) < 4.78 is 68.4. The van der Waals surface area contributed by atoms with Crippen LogP contribution in [0.15, 0.2) is 0 Å². The van der Waals surface area contributed by atoms with Gasteiger partial charge in [-0.3, -0.25) is 37.3 Å². The van der Waals surface area contributed by atoms with E-state index in [4.69, 9.17) is 37.0 Å². The fraction of sp³-hybridized carbons (Fsp3) is 0.946. The van der Waals surface area contributed by atoms with Crippen molar-refractivity contribution in [1.29, 1.82) is 0 Å². The Balaban J connectivity index is 5.22. The summed E-state index contributed by atoms with van der Waals surface area (Å²) in [5.74, 6) is -0.633. The van der Waals surface area contributed by atoms with Crippen molar-refractivity contribution in [3.8, 4) is 0 Å². The minimum absolute atomic E-state index is 0.104. The number of aliphatic hydroxyl groups excluding tert-OH is 1. The number of unbranched alkanes of at least 4 members (excludes halogenated alkanes) is 43. The predicted molar refractivity (Wildman–Crippen MR) is 377 cm³/mol. The molecule has 17 nitrogen and oxygen atoms in total. The molecular weight excluding hydrogens is 1220 g/mol. The second kappa shape index (κ2) is 66.0. The van der Waals surface area contributed by atoms with Crippen molar-refractivity contribution in [3.63, 3.8) is 0 Å². The van der Waals surface area contributed by atoms with Crippen molar-refractivity contribution in [2.45, 2.75) is 400 Å². The van der Waals surface area contributed by atoms with Crippen molar-refractivity contribution in [2.24, 2.45) is 11.8 Å². The summed E-state index contributed by atoms with van der Waals surface area (Å²) in [5.41, 5.74) is 0. The van der Waals surface area contributed by atoms with Gasteiger partial charge in [0.15, 0.2) is 12.2 Å². The highest BCUT2D eigenvalue weighted by Gasteiger charge is 2.30. The first-order valence-corrected chi connectivity index (χ1v) is 41.5. The molecule has 0 bridgehead atoms. The molecule has 0 rings (SSSR count). The molecule has 0 fully saturated rings. The van der Waals surface area contributed by atoms with Gasteiger partial charge in [0.05, 0.1) is 26.4 Å². The van der Waals surface area contributed by atoms with Crippen LogP contribution in [0.4, 0.5) is 0 Å². The molecule has 2 unspecified atom stereocenters. The van der Waals surface area contributed by atoms with E-state index in [0.29, 0.717) is 31.6 Å². The second-order valence-electron chi connectivity index (χ2n) is 27.6. The molecule has 0 saturated heterocycles. The number of aliphatic hydroxyl groups is 1. The van der Waals surface area contributed by atoms with Crippen molar-refractivity contribution in [1.82, 2.24) is 0 Å². The average Bonchev–Trinajstić information content (AvgIpc) is 1.83.